The standard InChI is InChI=1S/C29H52N10O11/c1-14(2)10-17(36-27(48)22(30)15(3)42)25(46)35-16(6-4-8-33-29(31)32)24(45)38-19(13-41)26(47)37-18(12-40)23(44)34-11-21(43)39-9-5-7-20(39)28(49)50/h14-20,22,40-42H,4-13,30H2,1-3H3,(H,34,44)(H,35,46)(H,36,48)(H,37,47)(H,38,45)(H,49,50)(H4,31,32,33)/t15-,16+,17+,18+,19+,20+,22+/m1/s1. The van der Waals surface area contributed by atoms with E-state index in [4.69, 9.17) is 17.2 Å². The van der Waals surface area contributed by atoms with Crippen LogP contribution in [-0.2, 0) is 33.6 Å². The van der Waals surface area contributed by atoms with Gasteiger partial charge in [-0.05, 0) is 44.9 Å². The van der Waals surface area contributed by atoms with Crippen LogP contribution in [0.4, 0.5) is 0 Å². The summed E-state index contributed by atoms with van der Waals surface area (Å²) in [6.07, 6.45) is -0.269. The summed E-state index contributed by atoms with van der Waals surface area (Å²) in [5, 5.41) is 50.2. The van der Waals surface area contributed by atoms with Crippen molar-refractivity contribution >= 4 is 47.4 Å². The molecule has 15 N–H and O–H groups in total. The lowest BCUT2D eigenvalue weighted by Crippen LogP contribution is -2.60. The van der Waals surface area contributed by atoms with Crippen LogP contribution in [0.5, 0.6) is 0 Å². The van der Waals surface area contributed by atoms with Crippen molar-refractivity contribution in [1.82, 2.24) is 31.5 Å². The van der Waals surface area contributed by atoms with Crippen LogP contribution < -0.4 is 43.8 Å². The van der Waals surface area contributed by atoms with E-state index in [1.165, 1.54) is 6.92 Å². The number of carbonyl (C=O) groups excluding carboxylic acids is 6. The second-order valence-corrected chi connectivity index (χ2v) is 12.3. The highest BCUT2D eigenvalue weighted by Crippen LogP contribution is 2.17. The molecule has 0 saturated carbocycles. The van der Waals surface area contributed by atoms with Crippen LogP contribution >= 0.6 is 0 Å². The summed E-state index contributed by atoms with van der Waals surface area (Å²) in [5.41, 5.74) is 16.4. The molecule has 0 aromatic rings. The number of hydrogen-bond acceptors (Lipinski definition) is 12. The van der Waals surface area contributed by atoms with Gasteiger partial charge in [0, 0.05) is 13.1 Å². The molecule has 6 amide bonds. The zero-order valence-corrected chi connectivity index (χ0v) is 28.5. The van der Waals surface area contributed by atoms with Gasteiger partial charge in [0.2, 0.25) is 35.4 Å². The summed E-state index contributed by atoms with van der Waals surface area (Å²) in [4.78, 5) is 93.6. The van der Waals surface area contributed by atoms with Gasteiger partial charge < -0.3 is 69.1 Å². The van der Waals surface area contributed by atoms with Crippen LogP contribution in [0.1, 0.15) is 52.9 Å². The lowest BCUT2D eigenvalue weighted by Gasteiger charge is -2.27. The van der Waals surface area contributed by atoms with Crippen LogP contribution in [0.2, 0.25) is 0 Å². The third kappa shape index (κ3) is 14.5. The molecular weight excluding hydrogens is 664 g/mol. The molecule has 50 heavy (non-hydrogen) atoms. The number of aliphatic hydroxyl groups is 3. The molecule has 0 aliphatic carbocycles. The van der Waals surface area contributed by atoms with Crippen molar-refractivity contribution in [1.29, 1.82) is 0 Å². The number of nitrogens with two attached hydrogens (primary N) is 3. The van der Waals surface area contributed by atoms with E-state index in [0.29, 0.717) is 6.42 Å². The molecule has 0 radical (unpaired) electrons. The highest BCUT2D eigenvalue weighted by atomic mass is 16.4. The molecule has 21 nitrogen and oxygen atoms in total. The number of amides is 6. The molecule has 1 fully saturated rings. The molecule has 0 aromatic carbocycles. The van der Waals surface area contributed by atoms with Gasteiger partial charge in [0.1, 0.15) is 36.3 Å². The summed E-state index contributed by atoms with van der Waals surface area (Å²) in [6.45, 7) is 2.59. The van der Waals surface area contributed by atoms with Gasteiger partial charge >= 0.3 is 5.97 Å². The number of carboxylic acids is 1. The Morgan fingerprint density at radius 2 is 1.34 bits per heavy atom. The second kappa shape index (κ2) is 21.5. The number of carbonyl (C=O) groups is 7. The first-order valence-electron chi connectivity index (χ1n) is 16.2. The summed E-state index contributed by atoms with van der Waals surface area (Å²) in [5.74, 6) is -6.82. The summed E-state index contributed by atoms with van der Waals surface area (Å²) >= 11 is 0. The minimum atomic E-state index is -1.68. The van der Waals surface area contributed by atoms with E-state index in [1.807, 2.05) is 0 Å². The maximum atomic E-state index is 13.4. The quantitative estimate of drug-likeness (QED) is 0.0299. The number of guanidine groups is 1. The molecule has 1 aliphatic heterocycles. The zero-order valence-electron chi connectivity index (χ0n) is 28.5. The number of aliphatic carboxylic acids is 1. The van der Waals surface area contributed by atoms with Crippen molar-refractivity contribution in [3.63, 3.8) is 0 Å². The normalized spacial score (nSPS) is 17.7. The molecule has 0 spiro atoms. The van der Waals surface area contributed by atoms with Gasteiger partial charge in [-0.25, -0.2) is 4.79 Å². The predicted octanol–water partition coefficient (Wildman–Crippen LogP) is -6.09. The van der Waals surface area contributed by atoms with Crippen LogP contribution in [0.25, 0.3) is 0 Å². The van der Waals surface area contributed by atoms with Gasteiger partial charge in [-0.2, -0.15) is 0 Å². The number of nitrogens with zero attached hydrogens (tertiary/aromatic N) is 2. The maximum Gasteiger partial charge on any atom is 0.326 e. The molecule has 1 aliphatic rings. The summed E-state index contributed by atoms with van der Waals surface area (Å²) < 4.78 is 0. The Hall–Kier alpha value is -4.60. The second-order valence-electron chi connectivity index (χ2n) is 12.3. The SMILES string of the molecule is CC(C)C[C@H](NC(=O)[C@@H](N)[C@@H](C)O)C(=O)N[C@@H](CCCN=C(N)N)C(=O)N[C@@H](CO)C(=O)N[C@@H](CO)C(=O)NCC(=O)N1CCC[C@H]1C(=O)O. The number of rotatable bonds is 21. The number of carboxylic acid groups (broad SMARTS) is 1. The van der Waals surface area contributed by atoms with Gasteiger partial charge in [-0.15, -0.1) is 0 Å². The molecule has 0 aromatic heterocycles. The van der Waals surface area contributed by atoms with Gasteiger partial charge in [0.25, 0.3) is 0 Å². The van der Waals surface area contributed by atoms with E-state index < -0.39 is 104 Å². The lowest BCUT2D eigenvalue weighted by atomic mass is 10.0. The predicted molar refractivity (Wildman–Crippen MR) is 176 cm³/mol. The Morgan fingerprint density at radius 1 is 0.820 bits per heavy atom. The van der Waals surface area contributed by atoms with Crippen molar-refractivity contribution in [2.45, 2.75) is 95.2 Å². The van der Waals surface area contributed by atoms with E-state index in [2.05, 4.69) is 31.6 Å². The van der Waals surface area contributed by atoms with Crippen molar-refractivity contribution in [3.8, 4) is 0 Å². The largest absolute Gasteiger partial charge is 0.480 e. The topological polar surface area (TPSA) is 354 Å². The smallest absolute Gasteiger partial charge is 0.326 e. The van der Waals surface area contributed by atoms with E-state index in [-0.39, 0.29) is 50.7 Å². The molecule has 7 atom stereocenters. The minimum Gasteiger partial charge on any atom is -0.480 e. The first-order valence-corrected chi connectivity index (χ1v) is 16.2. The third-order valence-corrected chi connectivity index (χ3v) is 7.64. The van der Waals surface area contributed by atoms with E-state index >= 15 is 0 Å². The average Bonchev–Trinajstić information content (AvgIpc) is 3.55. The lowest BCUT2D eigenvalue weighted by molar-refractivity contribution is -0.148. The highest BCUT2D eigenvalue weighted by molar-refractivity contribution is 5.96. The average molecular weight is 717 g/mol. The van der Waals surface area contributed by atoms with Crippen molar-refractivity contribution < 1.29 is 54.0 Å². The fourth-order valence-corrected chi connectivity index (χ4v) is 4.88. The van der Waals surface area contributed by atoms with Gasteiger partial charge in [0.05, 0.1) is 25.9 Å². The zero-order chi connectivity index (χ0) is 38.1. The Morgan fingerprint density at radius 3 is 1.86 bits per heavy atom. The molecular formula is C29H52N10O11. The third-order valence-electron chi connectivity index (χ3n) is 7.64. The van der Waals surface area contributed by atoms with E-state index in [0.717, 1.165) is 4.90 Å². The molecule has 0 unspecified atom stereocenters. The van der Waals surface area contributed by atoms with Crippen molar-refractivity contribution in [2.75, 3.05) is 32.8 Å². The van der Waals surface area contributed by atoms with Gasteiger partial charge in [-0.3, -0.25) is 33.8 Å². The van der Waals surface area contributed by atoms with Crippen molar-refractivity contribution in [2.24, 2.45) is 28.1 Å². The number of aliphatic imine (C=N–C) groups is 1. The Balaban J connectivity index is 3.02. The molecule has 1 rings (SSSR count). The fraction of sp³-hybridized carbons (Fsp3) is 0.724. The van der Waals surface area contributed by atoms with Crippen LogP contribution in [-0.4, -0.2) is 148 Å². The van der Waals surface area contributed by atoms with E-state index in [9.17, 15) is 54.0 Å². The minimum absolute atomic E-state index is 0.0613. The summed E-state index contributed by atoms with van der Waals surface area (Å²) in [7, 11) is 0. The number of aliphatic hydroxyl groups excluding tert-OH is 3. The molecule has 0 bridgehead atoms. The van der Waals surface area contributed by atoms with Crippen LogP contribution in [0.3, 0.4) is 0 Å². The first kappa shape index (κ1) is 43.4. The molecule has 1 heterocycles. The molecule has 284 valence electrons. The van der Waals surface area contributed by atoms with Gasteiger partial charge in [-0.1, -0.05) is 13.8 Å². The Bertz CT molecular complexity index is 1230. The molecule has 21 heteroatoms. The fourth-order valence-electron chi connectivity index (χ4n) is 4.88. The number of hydrogen-bond donors (Lipinski definition) is 12. The number of likely N-dealkylation sites (tertiary alicyclic amines) is 1. The Labute approximate surface area is 289 Å². The maximum absolute atomic E-state index is 13.4. The first-order chi connectivity index (χ1) is 23.4. The van der Waals surface area contributed by atoms with Crippen LogP contribution in [0.15, 0.2) is 4.99 Å². The van der Waals surface area contributed by atoms with E-state index in [1.54, 1.807) is 13.8 Å². The molecule has 1 saturated heterocycles. The Kier molecular flexibility index (Phi) is 18.7. The summed E-state index contributed by atoms with van der Waals surface area (Å²) in [6, 6.07) is -8.19. The monoisotopic (exact) mass is 716 g/mol. The van der Waals surface area contributed by atoms with Crippen molar-refractivity contribution in [3.05, 3.63) is 0 Å². The number of nitrogens with one attached hydrogen (secondary N) is 5. The highest BCUT2D eigenvalue weighted by Gasteiger charge is 2.35. The van der Waals surface area contributed by atoms with Crippen LogP contribution in [0, 0.1) is 5.92 Å². The van der Waals surface area contributed by atoms with Gasteiger partial charge in [0.15, 0.2) is 5.96 Å².